The minimum absolute atomic E-state index is 0.0266. The molecule has 0 radical (unpaired) electrons. The first-order valence-electron chi connectivity index (χ1n) is 6.08. The van der Waals surface area contributed by atoms with Crippen molar-refractivity contribution in [2.75, 3.05) is 32.5 Å². The second-order valence-corrected chi connectivity index (χ2v) is 4.82. The number of hydrogen-bond acceptors (Lipinski definition) is 4. The molecule has 0 saturated heterocycles. The zero-order valence-electron chi connectivity index (χ0n) is 11.5. The first-order valence-corrected chi connectivity index (χ1v) is 6.46. The fourth-order valence-electron chi connectivity index (χ4n) is 1.34. The standard InChI is InChI=1S/C14H17ClN4O/c1-19(2)8-7-17-10-11(9-16)14(20)18-13-5-3-12(15)4-6-13/h3-6,10,17H,7-8H2,1-2H3,(H,18,20)/b11-10-. The third-order valence-electron chi connectivity index (χ3n) is 2.42. The van der Waals surface area contributed by atoms with E-state index < -0.39 is 5.91 Å². The first kappa shape index (κ1) is 16.0. The molecule has 1 aromatic carbocycles. The molecule has 0 fully saturated rings. The molecule has 0 saturated carbocycles. The Kier molecular flexibility index (Phi) is 6.57. The summed E-state index contributed by atoms with van der Waals surface area (Å²) in [4.78, 5) is 13.9. The number of rotatable bonds is 6. The van der Waals surface area contributed by atoms with Crippen LogP contribution in [0.5, 0.6) is 0 Å². The number of carbonyl (C=O) groups excluding carboxylic acids is 1. The van der Waals surface area contributed by atoms with E-state index in [4.69, 9.17) is 16.9 Å². The molecule has 0 aliphatic rings. The summed E-state index contributed by atoms with van der Waals surface area (Å²) in [6, 6.07) is 8.56. The molecular weight excluding hydrogens is 276 g/mol. The highest BCUT2D eigenvalue weighted by atomic mass is 35.5. The Bertz CT molecular complexity index is 517. The number of hydrogen-bond donors (Lipinski definition) is 2. The van der Waals surface area contributed by atoms with Crippen LogP contribution in [0.4, 0.5) is 5.69 Å². The van der Waals surface area contributed by atoms with Crippen molar-refractivity contribution >= 4 is 23.2 Å². The number of halogens is 1. The van der Waals surface area contributed by atoms with E-state index in [0.717, 1.165) is 6.54 Å². The molecule has 2 N–H and O–H groups in total. The molecule has 0 heterocycles. The minimum Gasteiger partial charge on any atom is -0.388 e. The summed E-state index contributed by atoms with van der Waals surface area (Å²) in [6.07, 6.45) is 1.43. The smallest absolute Gasteiger partial charge is 0.267 e. The first-order chi connectivity index (χ1) is 9.52. The highest BCUT2D eigenvalue weighted by Crippen LogP contribution is 2.13. The summed E-state index contributed by atoms with van der Waals surface area (Å²) in [7, 11) is 3.90. The van der Waals surface area contributed by atoms with E-state index in [0.29, 0.717) is 17.3 Å². The van der Waals surface area contributed by atoms with Crippen molar-refractivity contribution in [1.29, 1.82) is 5.26 Å². The van der Waals surface area contributed by atoms with Gasteiger partial charge in [0.1, 0.15) is 11.6 Å². The Morgan fingerprint density at radius 1 is 1.40 bits per heavy atom. The molecule has 0 aromatic heterocycles. The van der Waals surface area contributed by atoms with Gasteiger partial charge in [-0.3, -0.25) is 4.79 Å². The Labute approximate surface area is 123 Å². The van der Waals surface area contributed by atoms with Crippen LogP contribution in [0.1, 0.15) is 0 Å². The molecule has 0 spiro atoms. The van der Waals surface area contributed by atoms with Crippen molar-refractivity contribution in [2.24, 2.45) is 0 Å². The second kappa shape index (κ2) is 8.20. The number of anilines is 1. The number of amides is 1. The van der Waals surface area contributed by atoms with Gasteiger partial charge < -0.3 is 15.5 Å². The van der Waals surface area contributed by atoms with Crippen molar-refractivity contribution in [3.8, 4) is 6.07 Å². The van der Waals surface area contributed by atoms with Crippen molar-refractivity contribution < 1.29 is 4.79 Å². The lowest BCUT2D eigenvalue weighted by Gasteiger charge is -2.09. The summed E-state index contributed by atoms with van der Waals surface area (Å²) in [6.45, 7) is 1.47. The maximum Gasteiger partial charge on any atom is 0.267 e. The normalized spacial score (nSPS) is 11.1. The molecule has 5 nitrogen and oxygen atoms in total. The lowest BCUT2D eigenvalue weighted by atomic mass is 10.2. The topological polar surface area (TPSA) is 68.2 Å². The quantitative estimate of drug-likeness (QED) is 0.477. The molecule has 0 bridgehead atoms. The molecule has 0 aliphatic heterocycles. The van der Waals surface area contributed by atoms with Crippen LogP contribution in [0.3, 0.4) is 0 Å². The van der Waals surface area contributed by atoms with Crippen molar-refractivity contribution in [3.63, 3.8) is 0 Å². The van der Waals surface area contributed by atoms with E-state index in [-0.39, 0.29) is 5.57 Å². The number of nitrogens with zero attached hydrogens (tertiary/aromatic N) is 2. The Balaban J connectivity index is 2.56. The Hall–Kier alpha value is -2.03. The van der Waals surface area contributed by atoms with Gasteiger partial charge in [-0.2, -0.15) is 5.26 Å². The monoisotopic (exact) mass is 292 g/mol. The lowest BCUT2D eigenvalue weighted by Crippen LogP contribution is -2.24. The van der Waals surface area contributed by atoms with Gasteiger partial charge in [-0.15, -0.1) is 0 Å². The van der Waals surface area contributed by atoms with E-state index in [2.05, 4.69) is 10.6 Å². The molecule has 1 rings (SSSR count). The van der Waals surface area contributed by atoms with Crippen LogP contribution in [-0.4, -0.2) is 38.0 Å². The van der Waals surface area contributed by atoms with Crippen LogP contribution in [0.2, 0.25) is 5.02 Å². The van der Waals surface area contributed by atoms with E-state index in [1.54, 1.807) is 24.3 Å². The van der Waals surface area contributed by atoms with Gasteiger partial charge in [0.25, 0.3) is 5.91 Å². The van der Waals surface area contributed by atoms with Crippen LogP contribution in [-0.2, 0) is 4.79 Å². The second-order valence-electron chi connectivity index (χ2n) is 4.39. The Morgan fingerprint density at radius 2 is 2.05 bits per heavy atom. The number of likely N-dealkylation sites (N-methyl/N-ethyl adjacent to an activating group) is 1. The summed E-state index contributed by atoms with van der Waals surface area (Å²) in [5.41, 5.74) is 0.618. The number of benzene rings is 1. The van der Waals surface area contributed by atoms with Gasteiger partial charge in [0.2, 0.25) is 0 Å². The fourth-order valence-corrected chi connectivity index (χ4v) is 1.47. The van der Waals surface area contributed by atoms with Gasteiger partial charge in [-0.25, -0.2) is 0 Å². The number of carbonyl (C=O) groups is 1. The maximum atomic E-state index is 11.9. The van der Waals surface area contributed by atoms with Gasteiger partial charge in [0.05, 0.1) is 0 Å². The van der Waals surface area contributed by atoms with E-state index in [9.17, 15) is 4.79 Å². The average molecular weight is 293 g/mol. The molecule has 0 atom stereocenters. The summed E-state index contributed by atoms with van der Waals surface area (Å²) in [5, 5.41) is 15.1. The number of nitrogens with one attached hydrogen (secondary N) is 2. The van der Waals surface area contributed by atoms with Gasteiger partial charge in [0, 0.05) is 30.0 Å². The van der Waals surface area contributed by atoms with E-state index in [1.807, 2.05) is 25.1 Å². The largest absolute Gasteiger partial charge is 0.388 e. The predicted molar refractivity (Wildman–Crippen MR) is 80.3 cm³/mol. The van der Waals surface area contributed by atoms with Crippen molar-refractivity contribution in [1.82, 2.24) is 10.2 Å². The molecular formula is C14H17ClN4O. The third-order valence-corrected chi connectivity index (χ3v) is 2.67. The van der Waals surface area contributed by atoms with Gasteiger partial charge >= 0.3 is 0 Å². The minimum atomic E-state index is -0.452. The molecule has 6 heteroatoms. The predicted octanol–water partition coefficient (Wildman–Crippen LogP) is 1.84. The van der Waals surface area contributed by atoms with Crippen LogP contribution in [0.15, 0.2) is 36.0 Å². The molecule has 1 aromatic rings. The lowest BCUT2D eigenvalue weighted by molar-refractivity contribution is -0.112. The summed E-state index contributed by atoms with van der Waals surface area (Å²) in [5.74, 6) is -0.452. The summed E-state index contributed by atoms with van der Waals surface area (Å²) >= 11 is 5.76. The SMILES string of the molecule is CN(C)CCN/C=C(/C#N)C(=O)Nc1ccc(Cl)cc1. The Morgan fingerprint density at radius 3 is 2.60 bits per heavy atom. The molecule has 1 amide bonds. The van der Waals surface area contributed by atoms with Crippen LogP contribution in [0.25, 0.3) is 0 Å². The molecule has 106 valence electrons. The van der Waals surface area contributed by atoms with Crippen LogP contribution < -0.4 is 10.6 Å². The zero-order chi connectivity index (χ0) is 15.0. The highest BCUT2D eigenvalue weighted by molar-refractivity contribution is 6.30. The van der Waals surface area contributed by atoms with E-state index >= 15 is 0 Å². The molecule has 0 unspecified atom stereocenters. The molecule has 20 heavy (non-hydrogen) atoms. The fraction of sp³-hybridized carbons (Fsp3) is 0.286. The third kappa shape index (κ3) is 5.74. The highest BCUT2D eigenvalue weighted by Gasteiger charge is 2.08. The maximum absolute atomic E-state index is 11.9. The van der Waals surface area contributed by atoms with Crippen LogP contribution >= 0.6 is 11.6 Å². The van der Waals surface area contributed by atoms with Crippen molar-refractivity contribution in [3.05, 3.63) is 41.1 Å². The van der Waals surface area contributed by atoms with Crippen LogP contribution in [0, 0.1) is 11.3 Å². The van der Waals surface area contributed by atoms with Gasteiger partial charge in [0.15, 0.2) is 0 Å². The van der Waals surface area contributed by atoms with E-state index in [1.165, 1.54) is 6.20 Å². The van der Waals surface area contributed by atoms with Gasteiger partial charge in [-0.05, 0) is 38.4 Å². The van der Waals surface area contributed by atoms with Gasteiger partial charge in [-0.1, -0.05) is 11.6 Å². The summed E-state index contributed by atoms with van der Waals surface area (Å²) < 4.78 is 0. The average Bonchev–Trinajstić information content (AvgIpc) is 2.41. The molecule has 0 aliphatic carbocycles. The number of nitriles is 1. The van der Waals surface area contributed by atoms with Crippen molar-refractivity contribution in [2.45, 2.75) is 0 Å². The zero-order valence-corrected chi connectivity index (χ0v) is 12.2.